The molecule has 0 amide bonds. The zero-order chi connectivity index (χ0) is 10.0. The van der Waals surface area contributed by atoms with Crippen LogP contribution in [-0.2, 0) is 11.3 Å². The van der Waals surface area contributed by atoms with Crippen molar-refractivity contribution in [3.63, 3.8) is 0 Å². The van der Waals surface area contributed by atoms with Gasteiger partial charge in [-0.3, -0.25) is 9.78 Å². The quantitative estimate of drug-likeness (QED) is 0.681. The van der Waals surface area contributed by atoms with Crippen molar-refractivity contribution < 1.29 is 9.90 Å². The molecule has 0 saturated carbocycles. The molecule has 0 spiro atoms. The molecule has 0 saturated heterocycles. The Morgan fingerprint density at radius 3 is 2.69 bits per heavy atom. The lowest BCUT2D eigenvalue weighted by Crippen LogP contribution is -2.22. The van der Waals surface area contributed by atoms with Gasteiger partial charge in [0, 0.05) is 5.92 Å². The molecule has 0 aliphatic heterocycles. The summed E-state index contributed by atoms with van der Waals surface area (Å²) in [6.45, 7) is 3.33. The Balaban J connectivity index is 2.97. The van der Waals surface area contributed by atoms with Gasteiger partial charge in [0.2, 0.25) is 0 Å². The molecule has 0 bridgehead atoms. The molecule has 0 atom stereocenters. The molecule has 2 N–H and O–H groups in total. The Hall–Kier alpha value is -1.59. The fourth-order valence-corrected chi connectivity index (χ4v) is 0.870. The van der Waals surface area contributed by atoms with Crippen LogP contribution in [0.15, 0.2) is 4.79 Å². The Labute approximate surface area is 74.2 Å². The van der Waals surface area contributed by atoms with Crippen LogP contribution < -0.4 is 5.69 Å². The van der Waals surface area contributed by atoms with E-state index in [-0.39, 0.29) is 5.92 Å². The highest BCUT2D eigenvalue weighted by atomic mass is 16.4. The van der Waals surface area contributed by atoms with Crippen molar-refractivity contribution in [3.05, 3.63) is 16.3 Å². The van der Waals surface area contributed by atoms with E-state index >= 15 is 0 Å². The summed E-state index contributed by atoms with van der Waals surface area (Å²) in [7, 11) is 0. The van der Waals surface area contributed by atoms with Crippen molar-refractivity contribution in [2.75, 3.05) is 0 Å². The number of hydrogen-bond donors (Lipinski definition) is 2. The molecular weight excluding hydrogens is 174 g/mol. The minimum absolute atomic E-state index is 0.0859. The van der Waals surface area contributed by atoms with E-state index in [1.807, 2.05) is 13.8 Å². The predicted octanol–water partition coefficient (Wildman–Crippen LogP) is -0.221. The second-order valence-corrected chi connectivity index (χ2v) is 3.02. The summed E-state index contributed by atoms with van der Waals surface area (Å²) < 4.78 is 0.900. The first-order valence-electron chi connectivity index (χ1n) is 3.89. The number of aliphatic carboxylic acids is 1. The molecule has 0 radical (unpaired) electrons. The smallest absolute Gasteiger partial charge is 0.343 e. The lowest BCUT2D eigenvalue weighted by molar-refractivity contribution is -0.137. The topological polar surface area (TPSA) is 88.0 Å². The molecule has 13 heavy (non-hydrogen) atoms. The summed E-state index contributed by atoms with van der Waals surface area (Å²) >= 11 is 0. The van der Waals surface area contributed by atoms with E-state index in [1.165, 1.54) is 0 Å². The SMILES string of the molecule is CC(C)c1nn(CC(=O)O)c(=O)[nH]1. The minimum Gasteiger partial charge on any atom is -0.480 e. The number of H-pyrrole nitrogens is 1. The molecule has 1 rings (SSSR count). The average Bonchev–Trinajstić information content (AvgIpc) is 2.31. The Morgan fingerprint density at radius 1 is 1.69 bits per heavy atom. The van der Waals surface area contributed by atoms with Gasteiger partial charge in [-0.15, -0.1) is 0 Å². The van der Waals surface area contributed by atoms with Gasteiger partial charge in [-0.05, 0) is 0 Å². The van der Waals surface area contributed by atoms with Crippen molar-refractivity contribution in [1.29, 1.82) is 0 Å². The highest BCUT2D eigenvalue weighted by Crippen LogP contribution is 2.04. The maximum absolute atomic E-state index is 11.1. The Kier molecular flexibility index (Phi) is 2.50. The third-order valence-electron chi connectivity index (χ3n) is 1.53. The van der Waals surface area contributed by atoms with Gasteiger partial charge in [0.05, 0.1) is 0 Å². The zero-order valence-corrected chi connectivity index (χ0v) is 7.44. The van der Waals surface area contributed by atoms with Crippen molar-refractivity contribution in [1.82, 2.24) is 14.8 Å². The van der Waals surface area contributed by atoms with Gasteiger partial charge in [-0.2, -0.15) is 5.10 Å². The summed E-state index contributed by atoms with van der Waals surface area (Å²) in [5, 5.41) is 12.2. The first-order chi connectivity index (χ1) is 6.00. The molecule has 6 heteroatoms. The van der Waals surface area contributed by atoms with Gasteiger partial charge in [0.15, 0.2) is 0 Å². The molecule has 72 valence electrons. The highest BCUT2D eigenvalue weighted by Gasteiger charge is 2.09. The van der Waals surface area contributed by atoms with Crippen LogP contribution in [0.2, 0.25) is 0 Å². The number of aromatic amines is 1. The maximum Gasteiger partial charge on any atom is 0.343 e. The van der Waals surface area contributed by atoms with Gasteiger partial charge >= 0.3 is 11.7 Å². The molecule has 0 aliphatic carbocycles. The van der Waals surface area contributed by atoms with Gasteiger partial charge in [0.25, 0.3) is 0 Å². The van der Waals surface area contributed by atoms with Gasteiger partial charge < -0.3 is 5.11 Å². The van der Waals surface area contributed by atoms with Gasteiger partial charge in [-0.25, -0.2) is 9.48 Å². The summed E-state index contributed by atoms with van der Waals surface area (Å²) in [5.41, 5.74) is -0.480. The number of carboxylic acids is 1. The van der Waals surface area contributed by atoms with Crippen molar-refractivity contribution in [3.8, 4) is 0 Å². The molecule has 0 fully saturated rings. The van der Waals surface area contributed by atoms with Crippen LogP contribution in [0, 0.1) is 0 Å². The van der Waals surface area contributed by atoms with E-state index in [0.29, 0.717) is 5.82 Å². The van der Waals surface area contributed by atoms with Gasteiger partial charge in [0.1, 0.15) is 12.4 Å². The Morgan fingerprint density at radius 2 is 2.31 bits per heavy atom. The third kappa shape index (κ3) is 2.17. The molecule has 1 aromatic rings. The van der Waals surface area contributed by atoms with Crippen LogP contribution in [0.3, 0.4) is 0 Å². The second kappa shape index (κ2) is 3.42. The van der Waals surface area contributed by atoms with E-state index in [1.54, 1.807) is 0 Å². The molecule has 0 aromatic carbocycles. The summed E-state index contributed by atoms with van der Waals surface area (Å²) in [6.07, 6.45) is 0. The first-order valence-corrected chi connectivity index (χ1v) is 3.89. The van der Waals surface area contributed by atoms with Gasteiger partial charge in [-0.1, -0.05) is 13.8 Å². The summed E-state index contributed by atoms with van der Waals surface area (Å²) in [5.74, 6) is -0.488. The fourth-order valence-electron chi connectivity index (χ4n) is 0.870. The number of rotatable bonds is 3. The molecule has 6 nitrogen and oxygen atoms in total. The van der Waals surface area contributed by atoms with E-state index in [9.17, 15) is 9.59 Å². The van der Waals surface area contributed by atoms with Crippen LogP contribution in [0.1, 0.15) is 25.6 Å². The lowest BCUT2D eigenvalue weighted by atomic mass is 10.2. The van der Waals surface area contributed by atoms with Crippen molar-refractivity contribution >= 4 is 5.97 Å². The number of nitrogens with zero attached hydrogens (tertiary/aromatic N) is 2. The molecule has 1 aromatic heterocycles. The first kappa shape index (κ1) is 9.50. The number of aromatic nitrogens is 3. The van der Waals surface area contributed by atoms with Crippen LogP contribution in [0.4, 0.5) is 0 Å². The van der Waals surface area contributed by atoms with Crippen LogP contribution >= 0.6 is 0 Å². The summed E-state index contributed by atoms with van der Waals surface area (Å²) in [6, 6.07) is 0. The number of carbonyl (C=O) groups is 1. The van der Waals surface area contributed by atoms with Crippen LogP contribution in [-0.4, -0.2) is 25.8 Å². The predicted molar refractivity (Wildman–Crippen MR) is 44.6 cm³/mol. The average molecular weight is 185 g/mol. The molecular formula is C7H11N3O3. The molecule has 0 aliphatic rings. The van der Waals surface area contributed by atoms with E-state index in [4.69, 9.17) is 5.11 Å². The van der Waals surface area contributed by atoms with Crippen molar-refractivity contribution in [2.45, 2.75) is 26.3 Å². The molecule has 1 heterocycles. The standard InChI is InChI=1S/C7H11N3O3/c1-4(2)6-8-7(13)10(9-6)3-5(11)12/h4H,3H2,1-2H3,(H,11,12)(H,8,9,13). The van der Waals surface area contributed by atoms with Crippen LogP contribution in [0.25, 0.3) is 0 Å². The fraction of sp³-hybridized carbons (Fsp3) is 0.571. The summed E-state index contributed by atoms with van der Waals surface area (Å²) in [4.78, 5) is 23.8. The highest BCUT2D eigenvalue weighted by molar-refractivity contribution is 5.66. The number of nitrogens with one attached hydrogen (secondary N) is 1. The van der Waals surface area contributed by atoms with E-state index < -0.39 is 18.2 Å². The van der Waals surface area contributed by atoms with E-state index in [0.717, 1.165) is 4.68 Å². The third-order valence-corrected chi connectivity index (χ3v) is 1.53. The monoisotopic (exact) mass is 185 g/mol. The van der Waals surface area contributed by atoms with Crippen molar-refractivity contribution in [2.24, 2.45) is 0 Å². The number of hydrogen-bond acceptors (Lipinski definition) is 3. The minimum atomic E-state index is -1.08. The normalized spacial score (nSPS) is 10.7. The van der Waals surface area contributed by atoms with Crippen LogP contribution in [0.5, 0.6) is 0 Å². The Bertz CT molecular complexity index is 363. The maximum atomic E-state index is 11.1. The zero-order valence-electron chi connectivity index (χ0n) is 7.44. The second-order valence-electron chi connectivity index (χ2n) is 3.02. The number of carboxylic acid groups (broad SMARTS) is 1. The molecule has 0 unspecified atom stereocenters. The lowest BCUT2D eigenvalue weighted by Gasteiger charge is -1.95. The van der Waals surface area contributed by atoms with E-state index in [2.05, 4.69) is 10.1 Å². The largest absolute Gasteiger partial charge is 0.480 e.